The van der Waals surface area contributed by atoms with Gasteiger partial charge in [-0.3, -0.25) is 9.59 Å². The lowest BCUT2D eigenvalue weighted by Gasteiger charge is -2.11. The zero-order valence-corrected chi connectivity index (χ0v) is 17.6. The van der Waals surface area contributed by atoms with E-state index in [0.29, 0.717) is 11.5 Å². The van der Waals surface area contributed by atoms with Crippen molar-refractivity contribution in [1.82, 2.24) is 5.43 Å². The maximum atomic E-state index is 12.5. The zero-order valence-electron chi connectivity index (χ0n) is 17.6. The van der Waals surface area contributed by atoms with Crippen LogP contribution in [0.1, 0.15) is 18.9 Å². The van der Waals surface area contributed by atoms with Crippen molar-refractivity contribution in [3.8, 4) is 16.9 Å². The van der Waals surface area contributed by atoms with Crippen LogP contribution in [0, 0.1) is 6.92 Å². The predicted molar refractivity (Wildman–Crippen MR) is 123 cm³/mol. The Morgan fingerprint density at radius 2 is 1.55 bits per heavy atom. The molecule has 0 bridgehead atoms. The normalized spacial score (nSPS) is 11.0. The molecule has 0 atom stereocenters. The van der Waals surface area contributed by atoms with Crippen LogP contribution in [-0.2, 0) is 9.59 Å². The van der Waals surface area contributed by atoms with Crippen molar-refractivity contribution >= 4 is 23.2 Å². The molecule has 0 unspecified atom stereocenters. The summed E-state index contributed by atoms with van der Waals surface area (Å²) in [5.74, 6) is 0.0438. The molecule has 31 heavy (non-hydrogen) atoms. The number of rotatable bonds is 8. The van der Waals surface area contributed by atoms with E-state index in [9.17, 15) is 9.59 Å². The molecule has 0 aromatic heterocycles. The monoisotopic (exact) mass is 415 g/mol. The molecule has 3 aromatic rings. The van der Waals surface area contributed by atoms with E-state index in [1.807, 2.05) is 79.7 Å². The summed E-state index contributed by atoms with van der Waals surface area (Å²) in [6, 6.07) is 24.9. The number of hydrogen-bond donors (Lipinski definition) is 2. The highest BCUT2D eigenvalue weighted by Gasteiger charge is 2.10. The molecule has 158 valence electrons. The number of para-hydroxylation sites is 2. The molecule has 3 aromatic carbocycles. The van der Waals surface area contributed by atoms with E-state index < -0.39 is 5.91 Å². The first-order valence-electron chi connectivity index (χ1n) is 9.97. The Morgan fingerprint density at radius 3 is 2.32 bits per heavy atom. The summed E-state index contributed by atoms with van der Waals surface area (Å²) in [7, 11) is 0. The fourth-order valence-electron chi connectivity index (χ4n) is 2.98. The van der Waals surface area contributed by atoms with Crippen molar-refractivity contribution in [2.75, 3.05) is 11.9 Å². The lowest BCUT2D eigenvalue weighted by Crippen LogP contribution is -2.26. The number of amides is 2. The maximum Gasteiger partial charge on any atom is 0.277 e. The standard InChI is InChI=1S/C25H25N3O3/c1-18-10-6-9-15-23(18)31-17-25(30)28-27-19(2)16-24(29)26-22-14-8-7-13-21(22)20-11-4-3-5-12-20/h3-15H,16-17H2,1-2H3,(H,26,29)(H,28,30). The molecule has 2 amide bonds. The van der Waals surface area contributed by atoms with Crippen LogP contribution in [0.4, 0.5) is 5.69 Å². The van der Waals surface area contributed by atoms with Crippen LogP contribution < -0.4 is 15.5 Å². The van der Waals surface area contributed by atoms with Gasteiger partial charge in [-0.05, 0) is 37.1 Å². The lowest BCUT2D eigenvalue weighted by atomic mass is 10.0. The average Bonchev–Trinajstić information content (AvgIpc) is 2.78. The zero-order chi connectivity index (χ0) is 22.1. The second-order valence-corrected chi connectivity index (χ2v) is 7.07. The Kier molecular flexibility index (Phi) is 7.54. The van der Waals surface area contributed by atoms with Crippen LogP contribution in [0.25, 0.3) is 11.1 Å². The third-order valence-corrected chi connectivity index (χ3v) is 4.53. The van der Waals surface area contributed by atoms with Crippen LogP contribution in [0.3, 0.4) is 0 Å². The summed E-state index contributed by atoms with van der Waals surface area (Å²) in [5.41, 5.74) is 6.53. The van der Waals surface area contributed by atoms with E-state index in [-0.39, 0.29) is 18.9 Å². The third kappa shape index (κ3) is 6.54. The first kappa shape index (κ1) is 21.8. The predicted octanol–water partition coefficient (Wildman–Crippen LogP) is 4.56. The van der Waals surface area contributed by atoms with Crippen molar-refractivity contribution in [3.05, 3.63) is 84.4 Å². The molecule has 0 radical (unpaired) electrons. The Bertz CT molecular complexity index is 1080. The van der Waals surface area contributed by atoms with Crippen LogP contribution >= 0.6 is 0 Å². The van der Waals surface area contributed by atoms with E-state index in [4.69, 9.17) is 4.74 Å². The minimum atomic E-state index is -0.391. The molecule has 0 saturated carbocycles. The molecule has 0 heterocycles. The van der Waals surface area contributed by atoms with Gasteiger partial charge in [0.1, 0.15) is 5.75 Å². The minimum Gasteiger partial charge on any atom is -0.483 e. The van der Waals surface area contributed by atoms with Crippen LogP contribution in [0.15, 0.2) is 84.0 Å². The summed E-state index contributed by atoms with van der Waals surface area (Å²) in [6.45, 7) is 3.44. The number of hydrogen-bond acceptors (Lipinski definition) is 4. The van der Waals surface area contributed by atoms with Gasteiger partial charge in [-0.25, -0.2) is 5.43 Å². The summed E-state index contributed by atoms with van der Waals surface area (Å²) >= 11 is 0. The van der Waals surface area contributed by atoms with Gasteiger partial charge < -0.3 is 10.1 Å². The number of carbonyl (C=O) groups excluding carboxylic acids is 2. The summed E-state index contributed by atoms with van der Waals surface area (Å²) < 4.78 is 5.49. The fraction of sp³-hybridized carbons (Fsp3) is 0.160. The summed E-state index contributed by atoms with van der Waals surface area (Å²) in [5, 5.41) is 6.92. The Morgan fingerprint density at radius 1 is 0.871 bits per heavy atom. The number of aryl methyl sites for hydroxylation is 1. The lowest BCUT2D eigenvalue weighted by molar-refractivity contribution is -0.123. The quantitative estimate of drug-likeness (QED) is 0.418. The van der Waals surface area contributed by atoms with Gasteiger partial charge in [-0.2, -0.15) is 5.10 Å². The number of anilines is 1. The van der Waals surface area contributed by atoms with E-state index in [0.717, 1.165) is 22.4 Å². The maximum absolute atomic E-state index is 12.5. The average molecular weight is 415 g/mol. The Labute approximate surface area is 182 Å². The van der Waals surface area contributed by atoms with Crippen molar-refractivity contribution in [2.45, 2.75) is 20.3 Å². The van der Waals surface area contributed by atoms with Gasteiger partial charge in [-0.1, -0.05) is 66.7 Å². The van der Waals surface area contributed by atoms with Gasteiger partial charge in [0.05, 0.1) is 6.42 Å². The topological polar surface area (TPSA) is 79.8 Å². The fourth-order valence-corrected chi connectivity index (χ4v) is 2.98. The van der Waals surface area contributed by atoms with Gasteiger partial charge in [0.2, 0.25) is 5.91 Å². The van der Waals surface area contributed by atoms with E-state index in [1.54, 1.807) is 13.0 Å². The molecule has 6 nitrogen and oxygen atoms in total. The second kappa shape index (κ2) is 10.7. The highest BCUT2D eigenvalue weighted by molar-refractivity contribution is 6.07. The van der Waals surface area contributed by atoms with Crippen LogP contribution in [-0.4, -0.2) is 24.1 Å². The second-order valence-electron chi connectivity index (χ2n) is 7.07. The van der Waals surface area contributed by atoms with Gasteiger partial charge in [0.15, 0.2) is 6.61 Å². The SMILES string of the molecule is CC(CC(=O)Nc1ccccc1-c1ccccc1)=NNC(=O)COc1ccccc1C. The van der Waals surface area contributed by atoms with Crippen molar-refractivity contribution < 1.29 is 14.3 Å². The number of ether oxygens (including phenoxy) is 1. The molecule has 0 aliphatic carbocycles. The smallest absolute Gasteiger partial charge is 0.277 e. The van der Waals surface area contributed by atoms with Crippen molar-refractivity contribution in [1.29, 1.82) is 0 Å². The van der Waals surface area contributed by atoms with Gasteiger partial charge in [-0.15, -0.1) is 0 Å². The highest BCUT2D eigenvalue weighted by atomic mass is 16.5. The summed E-state index contributed by atoms with van der Waals surface area (Å²) in [4.78, 5) is 24.4. The van der Waals surface area contributed by atoms with Crippen LogP contribution in [0.5, 0.6) is 5.75 Å². The molecular weight excluding hydrogens is 390 g/mol. The Balaban J connectivity index is 1.52. The van der Waals surface area contributed by atoms with Gasteiger partial charge >= 0.3 is 0 Å². The Hall–Kier alpha value is -3.93. The molecular formula is C25H25N3O3. The van der Waals surface area contributed by atoms with Gasteiger partial charge in [0.25, 0.3) is 5.91 Å². The molecule has 0 aliphatic rings. The number of benzene rings is 3. The highest BCUT2D eigenvalue weighted by Crippen LogP contribution is 2.27. The number of hydrazone groups is 1. The number of nitrogens with zero attached hydrogens (tertiary/aromatic N) is 1. The van der Waals surface area contributed by atoms with Crippen molar-refractivity contribution in [3.63, 3.8) is 0 Å². The van der Waals surface area contributed by atoms with Crippen molar-refractivity contribution in [2.24, 2.45) is 5.10 Å². The molecule has 0 fully saturated rings. The molecule has 0 spiro atoms. The van der Waals surface area contributed by atoms with E-state index >= 15 is 0 Å². The number of carbonyl (C=O) groups is 2. The number of nitrogens with one attached hydrogen (secondary N) is 2. The van der Waals surface area contributed by atoms with Gasteiger partial charge in [0, 0.05) is 17.0 Å². The summed E-state index contributed by atoms with van der Waals surface area (Å²) in [6.07, 6.45) is 0.0576. The van der Waals surface area contributed by atoms with E-state index in [1.165, 1.54) is 0 Å². The molecule has 0 saturated heterocycles. The molecule has 6 heteroatoms. The first-order valence-corrected chi connectivity index (χ1v) is 9.97. The van der Waals surface area contributed by atoms with Crippen LogP contribution in [0.2, 0.25) is 0 Å². The molecule has 0 aliphatic heterocycles. The van der Waals surface area contributed by atoms with E-state index in [2.05, 4.69) is 15.8 Å². The largest absolute Gasteiger partial charge is 0.483 e. The minimum absolute atomic E-state index is 0.0576. The third-order valence-electron chi connectivity index (χ3n) is 4.53. The molecule has 3 rings (SSSR count). The molecule has 2 N–H and O–H groups in total. The first-order chi connectivity index (χ1) is 15.0.